The van der Waals surface area contributed by atoms with Crippen LogP contribution in [0.3, 0.4) is 0 Å². The number of ether oxygens (including phenoxy) is 5. The standard InChI is InChI=1S/C37H45NO13/c1-16-10-9-11-17(2)35(46)38-22-14-37(49-15-24(39)50-37)27-25(32(22)44)31(43)21(6)33-26(27)34(45)36(7,51-33)48-13-12-23(47-8)18(3)29(41)20(5)30(42)19(4)28(16)40/h9-14,16,18-20,23,28-30,40-43H,15H2,1-8H3,(H,38,46)/b10-9+,13-12+,17-11-/t16-,18+,19+,20-,23-,28-,29+,30+,36-,37+/m0/s1. The van der Waals surface area contributed by atoms with Crippen LogP contribution in [0.1, 0.15) is 73.4 Å². The smallest absolute Gasteiger partial charge is 0.335 e. The Balaban J connectivity index is 1.64. The molecular formula is C37H45NO13. The number of fused-ring (bicyclic) bond motifs is 13. The van der Waals surface area contributed by atoms with Gasteiger partial charge in [0.25, 0.3) is 17.5 Å². The van der Waals surface area contributed by atoms with Crippen LogP contribution in [0.5, 0.6) is 11.5 Å². The van der Waals surface area contributed by atoms with Gasteiger partial charge in [0.15, 0.2) is 0 Å². The highest BCUT2D eigenvalue weighted by atomic mass is 16.8. The second kappa shape index (κ2) is 14.0. The number of ketones is 2. The highest BCUT2D eigenvalue weighted by Gasteiger charge is 2.58. The summed E-state index contributed by atoms with van der Waals surface area (Å²) in [6.45, 7) is 10.5. The van der Waals surface area contributed by atoms with E-state index in [1.54, 1.807) is 39.8 Å². The molecule has 0 radical (unpaired) electrons. The monoisotopic (exact) mass is 711 g/mol. The zero-order chi connectivity index (χ0) is 37.7. The van der Waals surface area contributed by atoms with Crippen molar-refractivity contribution in [3.8, 4) is 11.5 Å². The normalized spacial score (nSPS) is 38.3. The third-order valence-corrected chi connectivity index (χ3v) is 10.4. The molecule has 1 fully saturated rings. The molecule has 1 aliphatic carbocycles. The number of esters is 1. The van der Waals surface area contributed by atoms with Gasteiger partial charge in [-0.1, -0.05) is 45.9 Å². The average Bonchev–Trinajstić information content (AvgIpc) is 3.60. The van der Waals surface area contributed by atoms with Crippen LogP contribution >= 0.6 is 0 Å². The fraction of sp³-hybridized carbons (Fsp3) is 0.514. The van der Waals surface area contributed by atoms with Crippen molar-refractivity contribution in [3.63, 3.8) is 0 Å². The number of nitrogens with one attached hydrogen (secondary N) is 1. The van der Waals surface area contributed by atoms with Crippen molar-refractivity contribution < 1.29 is 63.3 Å². The Morgan fingerprint density at radius 3 is 2.18 bits per heavy atom. The van der Waals surface area contributed by atoms with E-state index in [4.69, 9.17) is 23.7 Å². The molecule has 1 spiro atoms. The van der Waals surface area contributed by atoms with Crippen molar-refractivity contribution in [1.82, 2.24) is 5.32 Å². The summed E-state index contributed by atoms with van der Waals surface area (Å²) >= 11 is 0. The summed E-state index contributed by atoms with van der Waals surface area (Å²) < 4.78 is 28.8. The molecule has 51 heavy (non-hydrogen) atoms. The van der Waals surface area contributed by atoms with Gasteiger partial charge in [-0.25, -0.2) is 4.79 Å². The fourth-order valence-electron chi connectivity index (χ4n) is 6.98. The van der Waals surface area contributed by atoms with E-state index in [2.05, 4.69) is 5.32 Å². The van der Waals surface area contributed by atoms with Gasteiger partial charge in [-0.15, -0.1) is 0 Å². The maximum absolute atomic E-state index is 14.2. The quantitative estimate of drug-likeness (QED) is 0.266. The lowest BCUT2D eigenvalue weighted by atomic mass is 9.78. The molecule has 14 nitrogen and oxygen atoms in total. The molecular weight excluding hydrogens is 666 g/mol. The highest BCUT2D eigenvalue weighted by Crippen LogP contribution is 2.53. The maximum atomic E-state index is 14.2. The topological polar surface area (TPSA) is 207 Å². The number of benzene rings is 1. The molecule has 1 saturated heterocycles. The van der Waals surface area contributed by atoms with Crippen molar-refractivity contribution in [3.05, 3.63) is 70.2 Å². The van der Waals surface area contributed by atoms with Crippen LogP contribution in [-0.2, 0) is 34.3 Å². The van der Waals surface area contributed by atoms with Crippen LogP contribution in [0.15, 0.2) is 47.9 Å². The number of methoxy groups -OCH3 is 1. The average molecular weight is 712 g/mol. The van der Waals surface area contributed by atoms with Crippen molar-refractivity contribution in [2.24, 2.45) is 23.7 Å². The second-order valence-electron chi connectivity index (χ2n) is 13.9. The van der Waals surface area contributed by atoms with Gasteiger partial charge in [-0.05, 0) is 19.9 Å². The first kappa shape index (κ1) is 37.9. The minimum Gasteiger partial charge on any atom is -0.507 e. The molecule has 14 heteroatoms. The molecule has 0 aromatic heterocycles. The molecule has 1 amide bonds. The largest absolute Gasteiger partial charge is 0.507 e. The van der Waals surface area contributed by atoms with Crippen molar-refractivity contribution in [2.75, 3.05) is 13.7 Å². The zero-order valence-corrected chi connectivity index (χ0v) is 29.8. The molecule has 0 unspecified atom stereocenters. The predicted octanol–water partition coefficient (Wildman–Crippen LogP) is 2.60. The van der Waals surface area contributed by atoms with Crippen LogP contribution in [-0.4, -0.2) is 87.8 Å². The number of phenols is 1. The molecule has 5 N–H and O–H groups in total. The van der Waals surface area contributed by atoms with E-state index in [0.29, 0.717) is 0 Å². The van der Waals surface area contributed by atoms with E-state index in [9.17, 15) is 39.6 Å². The number of Topliss-reactive ketones (excluding diaryl/α,β-unsaturated/α-hetero) is 2. The van der Waals surface area contributed by atoms with E-state index in [-0.39, 0.29) is 33.7 Å². The van der Waals surface area contributed by atoms with Gasteiger partial charge in [0.1, 0.15) is 18.1 Å². The summed E-state index contributed by atoms with van der Waals surface area (Å²) in [6.07, 6.45) is 4.34. The first-order valence-electron chi connectivity index (χ1n) is 16.7. The Hall–Kier alpha value is -4.34. The lowest BCUT2D eigenvalue weighted by molar-refractivity contribution is -0.160. The summed E-state index contributed by atoms with van der Waals surface area (Å²) in [6, 6.07) is 0. The Morgan fingerprint density at radius 1 is 0.902 bits per heavy atom. The number of hydrogen-bond donors (Lipinski definition) is 5. The minimum atomic E-state index is -2.19. The summed E-state index contributed by atoms with van der Waals surface area (Å²) in [5.74, 6) is -10.6. The van der Waals surface area contributed by atoms with Gasteiger partial charge in [0.05, 0.1) is 53.1 Å². The molecule has 1 aromatic carbocycles. The number of aliphatic hydroxyl groups excluding tert-OH is 3. The van der Waals surface area contributed by atoms with Gasteiger partial charge in [-0.3, -0.25) is 14.4 Å². The van der Waals surface area contributed by atoms with Gasteiger partial charge >= 0.3 is 11.8 Å². The molecule has 5 aliphatic rings. The van der Waals surface area contributed by atoms with Crippen LogP contribution in [0.25, 0.3) is 0 Å². The first-order valence-corrected chi connectivity index (χ1v) is 16.7. The maximum Gasteiger partial charge on any atom is 0.335 e. The zero-order valence-electron chi connectivity index (χ0n) is 29.8. The minimum absolute atomic E-state index is 0.00475. The van der Waals surface area contributed by atoms with E-state index in [0.717, 1.165) is 6.08 Å². The number of allylic oxidation sites excluding steroid dienone is 3. The predicted molar refractivity (Wildman–Crippen MR) is 179 cm³/mol. The van der Waals surface area contributed by atoms with Gasteiger partial charge in [0.2, 0.25) is 5.78 Å². The molecule has 6 rings (SSSR count). The number of hydrogen-bond acceptors (Lipinski definition) is 13. The molecule has 4 aliphatic heterocycles. The number of carbonyl (C=O) groups is 4. The van der Waals surface area contributed by atoms with Crippen molar-refractivity contribution in [2.45, 2.75) is 84.5 Å². The molecule has 10 atom stereocenters. The van der Waals surface area contributed by atoms with Crippen LogP contribution in [0.2, 0.25) is 0 Å². The van der Waals surface area contributed by atoms with E-state index in [1.807, 2.05) is 0 Å². The highest BCUT2D eigenvalue weighted by molar-refractivity contribution is 6.19. The Labute approximate surface area is 295 Å². The van der Waals surface area contributed by atoms with Crippen molar-refractivity contribution >= 4 is 23.4 Å². The Kier molecular flexibility index (Phi) is 10.4. The third kappa shape index (κ3) is 6.51. The SMILES string of the molecule is CO[C@H]1/C=C/O[C@@]2(C)Oc3c(C)c(O)c4c(c3C2=O)[C@]2(C=C(NC(=O)/C(C)=C\C=C\[C@H](C)[C@H](O)[C@@H](C)[C@@H](O)[C@@H](C)[C@H](O)[C@@H]1C)C4=O)OCC(=O)O2. The van der Waals surface area contributed by atoms with Crippen LogP contribution < -0.4 is 10.1 Å². The third-order valence-electron chi connectivity index (χ3n) is 10.4. The number of aromatic hydroxyl groups is 1. The van der Waals surface area contributed by atoms with E-state index in [1.165, 1.54) is 46.3 Å². The lowest BCUT2D eigenvalue weighted by Gasteiger charge is -2.36. The number of rotatable bonds is 1. The molecule has 0 saturated carbocycles. The Morgan fingerprint density at radius 2 is 1.55 bits per heavy atom. The van der Waals surface area contributed by atoms with E-state index >= 15 is 0 Å². The number of phenolic OH excluding ortho intramolecular Hbond substituents is 1. The van der Waals surface area contributed by atoms with Crippen LogP contribution in [0, 0.1) is 30.6 Å². The fourth-order valence-corrected chi connectivity index (χ4v) is 6.98. The molecule has 276 valence electrons. The summed E-state index contributed by atoms with van der Waals surface area (Å²) in [4.78, 5) is 54.0. The molecule has 5 bridgehead atoms. The second-order valence-corrected chi connectivity index (χ2v) is 13.9. The Bertz CT molecular complexity index is 1760. The van der Waals surface area contributed by atoms with Gasteiger partial charge in [0, 0.05) is 54.9 Å². The number of amides is 1. The first-order chi connectivity index (χ1) is 23.9. The van der Waals surface area contributed by atoms with E-state index < -0.39 is 101 Å². The van der Waals surface area contributed by atoms with Crippen LogP contribution in [0.4, 0.5) is 0 Å². The summed E-state index contributed by atoms with van der Waals surface area (Å²) in [5.41, 5.74) is -1.16. The van der Waals surface area contributed by atoms with Gasteiger partial charge < -0.3 is 49.4 Å². The lowest BCUT2D eigenvalue weighted by Crippen LogP contribution is -2.45. The molecule has 1 aromatic rings. The number of aliphatic hydroxyl groups is 3. The summed E-state index contributed by atoms with van der Waals surface area (Å²) in [7, 11) is 1.42. The number of carbonyl (C=O) groups excluding carboxylic acids is 4. The molecule has 4 heterocycles. The summed E-state index contributed by atoms with van der Waals surface area (Å²) in [5, 5.41) is 47.4. The van der Waals surface area contributed by atoms with Gasteiger partial charge in [-0.2, -0.15) is 0 Å². The van der Waals surface area contributed by atoms with Crippen molar-refractivity contribution in [1.29, 1.82) is 0 Å².